The topological polar surface area (TPSA) is 79.7 Å². The Kier molecular flexibility index (Phi) is 3.50. The van der Waals surface area contributed by atoms with Crippen LogP contribution in [0.2, 0.25) is 0 Å². The van der Waals surface area contributed by atoms with Crippen LogP contribution in [0.5, 0.6) is 0 Å². The summed E-state index contributed by atoms with van der Waals surface area (Å²) in [5, 5.41) is 3.07. The molecule has 1 aliphatic heterocycles. The smallest absolute Gasteiger partial charge is 0.195 e. The number of aliphatic imine (C=N–C) groups is 1. The van der Waals surface area contributed by atoms with Gasteiger partial charge in [-0.05, 0) is 23.8 Å². The van der Waals surface area contributed by atoms with Crippen molar-refractivity contribution >= 4 is 17.3 Å². The van der Waals surface area contributed by atoms with E-state index >= 15 is 0 Å². The molecule has 0 bridgehead atoms. The van der Waals surface area contributed by atoms with Gasteiger partial charge in [-0.2, -0.15) is 0 Å². The summed E-state index contributed by atoms with van der Waals surface area (Å²) in [6, 6.07) is 16.2. The highest BCUT2D eigenvalue weighted by atomic mass is 15.2. The minimum absolute atomic E-state index is 0.353. The molecule has 1 aliphatic rings. The molecule has 2 aromatic carbocycles. The molecule has 0 aliphatic carbocycles. The SMILES string of the molecule is CN(C)c1ccc(CC2(N)N=C(N)Nc3ccccc32)cc1. The summed E-state index contributed by atoms with van der Waals surface area (Å²) in [7, 11) is 4.04. The van der Waals surface area contributed by atoms with Crippen LogP contribution in [0, 0.1) is 0 Å². The molecule has 1 atom stereocenters. The number of guanidine groups is 1. The van der Waals surface area contributed by atoms with Crippen molar-refractivity contribution < 1.29 is 0 Å². The van der Waals surface area contributed by atoms with Crippen LogP contribution in [0.4, 0.5) is 11.4 Å². The zero-order valence-electron chi connectivity index (χ0n) is 12.9. The quantitative estimate of drug-likeness (QED) is 0.807. The number of rotatable bonds is 3. The number of fused-ring (bicyclic) bond motifs is 1. The standard InChI is InChI=1S/C17H21N5/c1-22(2)13-9-7-12(8-10-13)11-17(19)14-5-3-4-6-15(14)20-16(18)21-17/h3-10H,11,19H2,1-2H3,(H3,18,20,21). The summed E-state index contributed by atoms with van der Waals surface area (Å²) in [5.41, 5.74) is 15.8. The molecule has 0 spiro atoms. The van der Waals surface area contributed by atoms with E-state index in [-0.39, 0.29) is 0 Å². The highest BCUT2D eigenvalue weighted by Crippen LogP contribution is 2.33. The molecule has 22 heavy (non-hydrogen) atoms. The van der Waals surface area contributed by atoms with Crippen LogP contribution >= 0.6 is 0 Å². The molecule has 0 fully saturated rings. The van der Waals surface area contributed by atoms with Crippen LogP contribution in [-0.2, 0) is 12.1 Å². The van der Waals surface area contributed by atoms with Crippen molar-refractivity contribution in [2.24, 2.45) is 16.5 Å². The largest absolute Gasteiger partial charge is 0.378 e. The molecule has 0 aromatic heterocycles. The van der Waals surface area contributed by atoms with E-state index in [0.29, 0.717) is 12.4 Å². The van der Waals surface area contributed by atoms with Gasteiger partial charge in [-0.25, -0.2) is 4.99 Å². The maximum absolute atomic E-state index is 6.57. The fourth-order valence-electron chi connectivity index (χ4n) is 2.77. The Morgan fingerprint density at radius 1 is 1.09 bits per heavy atom. The Morgan fingerprint density at radius 2 is 1.77 bits per heavy atom. The first kappa shape index (κ1) is 14.4. The van der Waals surface area contributed by atoms with E-state index in [1.165, 1.54) is 0 Å². The molecule has 0 radical (unpaired) electrons. The summed E-state index contributed by atoms with van der Waals surface area (Å²) < 4.78 is 0. The highest BCUT2D eigenvalue weighted by molar-refractivity contribution is 5.95. The van der Waals surface area contributed by atoms with Gasteiger partial charge in [-0.15, -0.1) is 0 Å². The molecule has 0 saturated heterocycles. The van der Waals surface area contributed by atoms with Crippen LogP contribution < -0.4 is 21.7 Å². The van der Waals surface area contributed by atoms with E-state index in [1.54, 1.807) is 0 Å². The molecule has 5 heteroatoms. The monoisotopic (exact) mass is 295 g/mol. The molecule has 2 aromatic rings. The van der Waals surface area contributed by atoms with E-state index in [4.69, 9.17) is 11.5 Å². The van der Waals surface area contributed by atoms with Crippen molar-refractivity contribution in [3.05, 3.63) is 59.7 Å². The Labute approximate surface area is 130 Å². The predicted octanol–water partition coefficient (Wildman–Crippen LogP) is 1.85. The molecular formula is C17H21N5. The number of para-hydroxylation sites is 1. The van der Waals surface area contributed by atoms with Gasteiger partial charge in [0.15, 0.2) is 5.96 Å². The Bertz CT molecular complexity index is 705. The van der Waals surface area contributed by atoms with Gasteiger partial charge in [0.1, 0.15) is 5.66 Å². The molecule has 0 saturated carbocycles. The first-order valence-electron chi connectivity index (χ1n) is 7.25. The van der Waals surface area contributed by atoms with Crippen molar-refractivity contribution in [1.29, 1.82) is 0 Å². The first-order valence-corrected chi connectivity index (χ1v) is 7.25. The minimum atomic E-state index is -0.842. The second kappa shape index (κ2) is 5.35. The molecule has 114 valence electrons. The number of nitrogens with two attached hydrogens (primary N) is 2. The summed E-state index contributed by atoms with van der Waals surface area (Å²) >= 11 is 0. The van der Waals surface area contributed by atoms with Crippen LogP contribution in [0.3, 0.4) is 0 Å². The van der Waals surface area contributed by atoms with Crippen molar-refractivity contribution in [2.45, 2.75) is 12.1 Å². The van der Waals surface area contributed by atoms with Gasteiger partial charge in [0.25, 0.3) is 0 Å². The lowest BCUT2D eigenvalue weighted by Gasteiger charge is -2.32. The van der Waals surface area contributed by atoms with Crippen molar-refractivity contribution in [3.8, 4) is 0 Å². The second-order valence-corrected chi connectivity index (χ2v) is 5.83. The third-order valence-electron chi connectivity index (χ3n) is 3.90. The molecule has 0 amide bonds. The average Bonchev–Trinajstić information content (AvgIpc) is 2.47. The van der Waals surface area contributed by atoms with Crippen LogP contribution in [0.1, 0.15) is 11.1 Å². The number of benzene rings is 2. The van der Waals surface area contributed by atoms with E-state index in [1.807, 2.05) is 38.4 Å². The first-order chi connectivity index (χ1) is 10.5. The molecular weight excluding hydrogens is 274 g/mol. The lowest BCUT2D eigenvalue weighted by atomic mass is 9.90. The van der Waals surface area contributed by atoms with Crippen molar-refractivity contribution in [2.75, 3.05) is 24.3 Å². The number of hydrogen-bond donors (Lipinski definition) is 3. The van der Waals surface area contributed by atoms with Crippen LogP contribution in [-0.4, -0.2) is 20.1 Å². The summed E-state index contributed by atoms with van der Waals surface area (Å²) in [6.45, 7) is 0. The Balaban J connectivity index is 1.94. The minimum Gasteiger partial charge on any atom is -0.378 e. The van der Waals surface area contributed by atoms with Gasteiger partial charge in [0.2, 0.25) is 0 Å². The number of nitrogens with zero attached hydrogens (tertiary/aromatic N) is 2. The molecule has 1 heterocycles. The zero-order valence-corrected chi connectivity index (χ0v) is 12.9. The molecule has 3 rings (SSSR count). The van der Waals surface area contributed by atoms with Gasteiger partial charge in [-0.3, -0.25) is 0 Å². The van der Waals surface area contributed by atoms with E-state index in [0.717, 1.165) is 22.5 Å². The third-order valence-corrected chi connectivity index (χ3v) is 3.90. The second-order valence-electron chi connectivity index (χ2n) is 5.83. The lowest BCUT2D eigenvalue weighted by molar-refractivity contribution is 0.463. The van der Waals surface area contributed by atoms with Crippen molar-refractivity contribution in [1.82, 2.24) is 0 Å². The fraction of sp³-hybridized carbons (Fsp3) is 0.235. The zero-order chi connectivity index (χ0) is 15.7. The predicted molar refractivity (Wildman–Crippen MR) is 92.0 cm³/mol. The average molecular weight is 295 g/mol. The van der Waals surface area contributed by atoms with Gasteiger partial charge < -0.3 is 21.7 Å². The molecule has 5 N–H and O–H groups in total. The Morgan fingerprint density at radius 3 is 2.45 bits per heavy atom. The maximum Gasteiger partial charge on any atom is 0.195 e. The summed E-state index contributed by atoms with van der Waals surface area (Å²) in [6.07, 6.45) is 0.597. The van der Waals surface area contributed by atoms with Crippen LogP contribution in [0.15, 0.2) is 53.5 Å². The third kappa shape index (κ3) is 2.63. The normalized spacial score (nSPS) is 19.9. The van der Waals surface area contributed by atoms with Gasteiger partial charge >= 0.3 is 0 Å². The van der Waals surface area contributed by atoms with E-state index < -0.39 is 5.66 Å². The number of anilines is 2. The van der Waals surface area contributed by atoms with E-state index in [9.17, 15) is 0 Å². The summed E-state index contributed by atoms with van der Waals surface area (Å²) in [4.78, 5) is 6.53. The highest BCUT2D eigenvalue weighted by Gasteiger charge is 2.33. The number of hydrogen-bond acceptors (Lipinski definition) is 5. The Hall–Kier alpha value is -2.53. The summed E-state index contributed by atoms with van der Waals surface area (Å²) in [5.74, 6) is 0.353. The van der Waals surface area contributed by atoms with Crippen LogP contribution in [0.25, 0.3) is 0 Å². The van der Waals surface area contributed by atoms with E-state index in [2.05, 4.69) is 39.5 Å². The van der Waals surface area contributed by atoms with Crippen molar-refractivity contribution in [3.63, 3.8) is 0 Å². The van der Waals surface area contributed by atoms with Gasteiger partial charge in [0, 0.05) is 37.5 Å². The van der Waals surface area contributed by atoms with Gasteiger partial charge in [-0.1, -0.05) is 30.3 Å². The number of nitrogens with one attached hydrogen (secondary N) is 1. The molecule has 5 nitrogen and oxygen atoms in total. The lowest BCUT2D eigenvalue weighted by Crippen LogP contribution is -2.44. The molecule has 1 unspecified atom stereocenters. The maximum atomic E-state index is 6.57. The van der Waals surface area contributed by atoms with Gasteiger partial charge in [0.05, 0.1) is 0 Å². The fourth-order valence-corrected chi connectivity index (χ4v) is 2.77.